The molecule has 2 saturated carbocycles. The normalized spacial score (nSPS) is 17.4. The summed E-state index contributed by atoms with van der Waals surface area (Å²) in [6.45, 7) is 19.1. The van der Waals surface area contributed by atoms with Gasteiger partial charge in [0.15, 0.2) is 21.6 Å². The Morgan fingerprint density at radius 2 is 1.13 bits per heavy atom. The Morgan fingerprint density at radius 3 is 1.56 bits per heavy atom. The summed E-state index contributed by atoms with van der Waals surface area (Å²) < 4.78 is 34.5. The first kappa shape index (κ1) is 50.2. The van der Waals surface area contributed by atoms with Crippen LogP contribution in [0, 0.1) is 38.6 Å². The summed E-state index contributed by atoms with van der Waals surface area (Å²) in [4.78, 5) is 74.0. The molecule has 0 bridgehead atoms. The van der Waals surface area contributed by atoms with Crippen molar-refractivity contribution in [2.45, 2.75) is 89.7 Å². The van der Waals surface area contributed by atoms with E-state index in [0.717, 1.165) is 29.7 Å². The van der Waals surface area contributed by atoms with Crippen molar-refractivity contribution in [1.29, 1.82) is 0 Å². The SMILES string of the molecule is O=C1OCc2ncccc21.[C-]#[N+]c1ccc(N2C(=O)C3(CCC3)N(c3ccc(CN)c(F)c3)C2=S)cc1C.[C-]#[N+]c1ccc(N2C(=O)C3(CCC3)N(c3ccc(CN4Cc5ncccc5C4=O)c(F)c3)C2=S)cc1C. The molecule has 4 fully saturated rings. The molecule has 12 rings (SSSR count). The highest BCUT2D eigenvalue weighted by Crippen LogP contribution is 2.50. The number of benzene rings is 4. The van der Waals surface area contributed by atoms with Crippen molar-refractivity contribution in [3.8, 4) is 0 Å². The number of hydrogen-bond donors (Lipinski definition) is 1. The van der Waals surface area contributed by atoms with E-state index in [1.165, 1.54) is 21.9 Å². The molecule has 0 radical (unpaired) electrons. The summed E-state index contributed by atoms with van der Waals surface area (Å²) in [7, 11) is 0. The van der Waals surface area contributed by atoms with Crippen molar-refractivity contribution in [1.82, 2.24) is 14.9 Å². The number of nitrogens with two attached hydrogens (primary N) is 1. The van der Waals surface area contributed by atoms with E-state index >= 15 is 4.39 Å². The Labute approximate surface area is 441 Å². The number of rotatable bonds is 7. The molecule has 376 valence electrons. The molecule has 19 heteroatoms. The molecule has 0 unspecified atom stereocenters. The predicted octanol–water partition coefficient (Wildman–Crippen LogP) is 10.3. The van der Waals surface area contributed by atoms with Crippen molar-refractivity contribution in [2.75, 3.05) is 19.6 Å². The van der Waals surface area contributed by atoms with Crippen LogP contribution in [0.3, 0.4) is 0 Å². The van der Waals surface area contributed by atoms with E-state index in [-0.39, 0.29) is 36.8 Å². The van der Waals surface area contributed by atoms with Crippen molar-refractivity contribution in [3.05, 3.63) is 189 Å². The highest BCUT2D eigenvalue weighted by molar-refractivity contribution is 7.81. The summed E-state index contributed by atoms with van der Waals surface area (Å²) >= 11 is 11.5. The maximum atomic E-state index is 15.4. The second-order valence-electron chi connectivity index (χ2n) is 18.9. The molecule has 75 heavy (non-hydrogen) atoms. The van der Waals surface area contributed by atoms with Crippen LogP contribution in [0.25, 0.3) is 9.69 Å². The molecular weight excluding hydrogens is 995 g/mol. The fourth-order valence-corrected chi connectivity index (χ4v) is 11.3. The van der Waals surface area contributed by atoms with Gasteiger partial charge in [0.1, 0.15) is 29.3 Å². The van der Waals surface area contributed by atoms with Crippen LogP contribution in [0.4, 0.5) is 42.9 Å². The number of cyclic esters (lactones) is 1. The summed E-state index contributed by atoms with van der Waals surface area (Å²) in [5, 5.41) is 0.627. The maximum absolute atomic E-state index is 15.4. The molecule has 4 aromatic carbocycles. The van der Waals surface area contributed by atoms with E-state index < -0.39 is 22.7 Å². The van der Waals surface area contributed by atoms with Crippen LogP contribution in [0.2, 0.25) is 0 Å². The van der Waals surface area contributed by atoms with Gasteiger partial charge < -0.3 is 25.2 Å². The molecule has 0 atom stereocenters. The third kappa shape index (κ3) is 8.52. The van der Waals surface area contributed by atoms with Crippen LogP contribution in [-0.4, -0.2) is 59.9 Å². The number of nitrogens with zero attached hydrogens (tertiary/aromatic N) is 9. The maximum Gasteiger partial charge on any atom is 0.340 e. The average Bonchev–Trinajstić information content (AvgIpc) is 4.07. The lowest BCUT2D eigenvalue weighted by Crippen LogP contribution is -2.55. The summed E-state index contributed by atoms with van der Waals surface area (Å²) in [5.41, 5.74) is 12.2. The van der Waals surface area contributed by atoms with E-state index in [1.54, 1.807) is 112 Å². The van der Waals surface area contributed by atoms with E-state index in [0.29, 0.717) is 111 Å². The Bertz CT molecular complexity index is 3520. The number of aryl methyl sites for hydroxylation is 2. The molecular formula is C56H46F2N10O5S2. The van der Waals surface area contributed by atoms with Gasteiger partial charge >= 0.3 is 5.97 Å². The molecule has 6 aromatic rings. The second-order valence-corrected chi connectivity index (χ2v) is 19.7. The van der Waals surface area contributed by atoms with Gasteiger partial charge in [-0.25, -0.2) is 23.3 Å². The number of carbonyl (C=O) groups is 4. The first-order valence-corrected chi connectivity index (χ1v) is 24.9. The molecule has 15 nitrogen and oxygen atoms in total. The lowest BCUT2D eigenvalue weighted by Gasteiger charge is -2.43. The van der Waals surface area contributed by atoms with Gasteiger partial charge in [-0.1, -0.05) is 24.3 Å². The zero-order valence-electron chi connectivity index (χ0n) is 40.7. The first-order chi connectivity index (χ1) is 36.1. The van der Waals surface area contributed by atoms with E-state index in [4.69, 9.17) is 48.1 Å². The molecule has 2 N–H and O–H groups in total. The van der Waals surface area contributed by atoms with Crippen molar-refractivity contribution < 1.29 is 32.7 Å². The Hall–Kier alpha value is -8.36. The zero-order chi connectivity index (χ0) is 52.9. The number of thiocarbonyl (C=S) groups is 2. The van der Waals surface area contributed by atoms with Crippen LogP contribution in [0.1, 0.15) is 92.9 Å². The Morgan fingerprint density at radius 1 is 0.653 bits per heavy atom. The Kier molecular flexibility index (Phi) is 13.3. The minimum Gasteiger partial charge on any atom is -0.456 e. The third-order valence-corrected chi connectivity index (χ3v) is 15.4. The van der Waals surface area contributed by atoms with Crippen molar-refractivity contribution >= 4 is 92.5 Å². The topological polar surface area (TPSA) is 154 Å². The lowest BCUT2D eigenvalue weighted by molar-refractivity contribution is -0.124. The van der Waals surface area contributed by atoms with Gasteiger partial charge in [-0.05, 0) is 161 Å². The van der Waals surface area contributed by atoms with Crippen LogP contribution in [-0.2, 0) is 40.6 Å². The lowest BCUT2D eigenvalue weighted by atomic mass is 9.75. The van der Waals surface area contributed by atoms with Crippen LogP contribution >= 0.6 is 24.4 Å². The monoisotopic (exact) mass is 1040 g/mol. The highest BCUT2D eigenvalue weighted by Gasteiger charge is 2.61. The predicted molar refractivity (Wildman–Crippen MR) is 285 cm³/mol. The molecule has 3 amide bonds. The number of aromatic nitrogens is 2. The number of pyridine rings is 2. The smallest absolute Gasteiger partial charge is 0.340 e. The number of esters is 1. The fourth-order valence-electron chi connectivity index (χ4n) is 10.3. The average molecular weight is 1040 g/mol. The second kappa shape index (κ2) is 19.8. The zero-order valence-corrected chi connectivity index (χ0v) is 42.3. The van der Waals surface area contributed by atoms with Crippen LogP contribution in [0.5, 0.6) is 0 Å². The molecule has 2 spiro atoms. The minimum atomic E-state index is -0.838. The number of hydrogen-bond acceptors (Lipinski definition) is 10. The number of fused-ring (bicyclic) bond motifs is 2. The van der Waals surface area contributed by atoms with Gasteiger partial charge in [-0.3, -0.25) is 34.2 Å². The third-order valence-electron chi connectivity index (χ3n) is 14.7. The number of anilines is 4. The molecule has 6 aliphatic rings. The van der Waals surface area contributed by atoms with E-state index in [2.05, 4.69) is 19.7 Å². The number of ether oxygens (including phenoxy) is 1. The fraction of sp³-hybridized carbons (Fsp3) is 0.250. The van der Waals surface area contributed by atoms with Crippen LogP contribution in [0.15, 0.2) is 109 Å². The van der Waals surface area contributed by atoms with Gasteiger partial charge in [0.25, 0.3) is 17.7 Å². The van der Waals surface area contributed by atoms with Gasteiger partial charge in [0.2, 0.25) is 0 Å². The summed E-state index contributed by atoms with van der Waals surface area (Å²) in [6.07, 6.45) is 7.67. The molecule has 4 aliphatic heterocycles. The van der Waals surface area contributed by atoms with Gasteiger partial charge in [-0.15, -0.1) is 0 Å². The minimum absolute atomic E-state index is 0.0954. The highest BCUT2D eigenvalue weighted by atomic mass is 32.1. The Balaban J connectivity index is 0.000000148. The van der Waals surface area contributed by atoms with Crippen molar-refractivity contribution in [2.24, 2.45) is 5.73 Å². The van der Waals surface area contributed by atoms with E-state index in [1.807, 2.05) is 13.8 Å². The first-order valence-electron chi connectivity index (χ1n) is 24.1. The number of amides is 3. The van der Waals surface area contributed by atoms with Gasteiger partial charge in [-0.2, -0.15) is 0 Å². The quantitative estimate of drug-likeness (QED) is 0.0920. The summed E-state index contributed by atoms with van der Waals surface area (Å²) in [5.74, 6) is -1.52. The summed E-state index contributed by atoms with van der Waals surface area (Å²) in [6, 6.07) is 27.0. The number of carbonyl (C=O) groups excluding carboxylic acids is 4. The molecule has 2 aromatic heterocycles. The largest absolute Gasteiger partial charge is 0.456 e. The van der Waals surface area contributed by atoms with Crippen molar-refractivity contribution in [3.63, 3.8) is 0 Å². The van der Waals surface area contributed by atoms with Gasteiger partial charge in [0.05, 0.1) is 42.2 Å². The molecule has 2 saturated heterocycles. The van der Waals surface area contributed by atoms with Gasteiger partial charge in [0, 0.05) is 59.4 Å². The van der Waals surface area contributed by atoms with E-state index in [9.17, 15) is 23.6 Å². The molecule has 6 heterocycles. The number of halogens is 2. The standard InChI is InChI=1S/C28H22FN5O2S.C21H19FN4OS.C7H5NO2/c1-17-13-19(8-9-23(17)30-2)33-26(36)28(10-4-11-28)34(27(33)37)20-7-6-18(22(29)14-20)15-32-16-24-21(25(32)35)5-3-12-31-24;1-13-10-15(6-7-18(13)24-2)25-19(27)21(8-3-9-21)26(20(25)28)16-5-4-14(12-23)17(22)11-16;9-7-5-2-1-3-8-6(5)4-10-7/h3,5-9,12-14H,4,10-11,15-16H2,1H3;4-7,10-11H,3,8-9,12,23H2,1H3;1-3H,4H2. The molecule has 2 aliphatic carbocycles. The van der Waals surface area contributed by atoms with Crippen LogP contribution < -0.4 is 25.3 Å².